The zero-order valence-corrected chi connectivity index (χ0v) is 14.7. The Labute approximate surface area is 143 Å². The molecule has 1 aromatic heterocycles. The summed E-state index contributed by atoms with van der Waals surface area (Å²) in [5, 5.41) is 5.80. The van der Waals surface area contributed by atoms with Crippen LogP contribution >= 0.6 is 11.3 Å². The molecule has 128 valence electrons. The first-order valence-electron chi connectivity index (χ1n) is 6.88. The summed E-state index contributed by atoms with van der Waals surface area (Å²) in [5.41, 5.74) is 2.70. The van der Waals surface area contributed by atoms with Crippen molar-refractivity contribution in [3.63, 3.8) is 0 Å². The minimum absolute atomic E-state index is 0.186. The predicted octanol–water partition coefficient (Wildman–Crippen LogP) is 2.19. The molecule has 0 aliphatic rings. The Morgan fingerprint density at radius 1 is 1.29 bits per heavy atom. The summed E-state index contributed by atoms with van der Waals surface area (Å²) in [5.74, 6) is -1.39. The number of benzene rings is 1. The molecule has 0 aliphatic heterocycles. The van der Waals surface area contributed by atoms with Crippen LogP contribution in [0.15, 0.2) is 46.9 Å². The van der Waals surface area contributed by atoms with Crippen LogP contribution in [0.4, 0.5) is 10.1 Å². The van der Waals surface area contributed by atoms with Gasteiger partial charge in [-0.15, -0.1) is 11.3 Å². The fourth-order valence-electron chi connectivity index (χ4n) is 1.89. The molecule has 1 aromatic carbocycles. The Balaban J connectivity index is 2.15. The van der Waals surface area contributed by atoms with E-state index < -0.39 is 28.3 Å². The Kier molecular flexibility index (Phi) is 5.68. The fraction of sp³-hybridized carbons (Fsp3) is 0.200. The van der Waals surface area contributed by atoms with E-state index in [-0.39, 0.29) is 5.69 Å². The van der Waals surface area contributed by atoms with E-state index in [9.17, 15) is 17.6 Å². The van der Waals surface area contributed by atoms with Gasteiger partial charge in [-0.25, -0.2) is 18.2 Å². The molecule has 9 heteroatoms. The lowest BCUT2D eigenvalue weighted by Gasteiger charge is -2.21. The number of nitrogens with zero attached hydrogens (tertiary/aromatic N) is 2. The fourth-order valence-corrected chi connectivity index (χ4v) is 3.42. The highest BCUT2D eigenvalue weighted by Crippen LogP contribution is 2.20. The zero-order valence-electron chi connectivity index (χ0n) is 13.1. The van der Waals surface area contributed by atoms with Gasteiger partial charge in [0.1, 0.15) is 12.4 Å². The van der Waals surface area contributed by atoms with Crippen LogP contribution < -0.4 is 9.73 Å². The van der Waals surface area contributed by atoms with E-state index in [1.165, 1.54) is 29.5 Å². The quantitative estimate of drug-likeness (QED) is 0.626. The molecule has 24 heavy (non-hydrogen) atoms. The van der Waals surface area contributed by atoms with Gasteiger partial charge in [-0.05, 0) is 30.5 Å². The number of hydrogen-bond acceptors (Lipinski definition) is 5. The third-order valence-corrected chi connectivity index (χ3v) is 5.14. The van der Waals surface area contributed by atoms with Crippen molar-refractivity contribution in [3.8, 4) is 0 Å². The van der Waals surface area contributed by atoms with Gasteiger partial charge < -0.3 is 0 Å². The number of thiophene rings is 1. The summed E-state index contributed by atoms with van der Waals surface area (Å²) < 4.78 is 38.3. The van der Waals surface area contributed by atoms with Gasteiger partial charge in [0.15, 0.2) is 0 Å². The third kappa shape index (κ3) is 4.62. The van der Waals surface area contributed by atoms with E-state index >= 15 is 0 Å². The molecule has 0 fully saturated rings. The molecule has 1 heterocycles. The van der Waals surface area contributed by atoms with Gasteiger partial charge >= 0.3 is 0 Å². The first-order chi connectivity index (χ1) is 11.3. The molecule has 0 radical (unpaired) electrons. The largest absolute Gasteiger partial charge is 0.271 e. The molecular weight excluding hydrogens is 353 g/mol. The number of amides is 1. The number of halogens is 1. The lowest BCUT2D eigenvalue weighted by atomic mass is 10.3. The van der Waals surface area contributed by atoms with Crippen LogP contribution in [0.2, 0.25) is 0 Å². The van der Waals surface area contributed by atoms with Crippen molar-refractivity contribution in [2.24, 2.45) is 5.10 Å². The van der Waals surface area contributed by atoms with Crippen LogP contribution in [0.1, 0.15) is 11.8 Å². The topological polar surface area (TPSA) is 78.8 Å². The lowest BCUT2D eigenvalue weighted by Crippen LogP contribution is -2.39. The minimum atomic E-state index is -3.83. The Bertz CT molecular complexity index is 849. The number of rotatable bonds is 6. The summed E-state index contributed by atoms with van der Waals surface area (Å²) in [6.45, 7) is 1.15. The molecule has 0 atom stereocenters. The van der Waals surface area contributed by atoms with Crippen LogP contribution in [0, 0.1) is 5.82 Å². The summed E-state index contributed by atoms with van der Waals surface area (Å²) in [6, 6.07) is 9.05. The Hall–Kier alpha value is -2.26. The average molecular weight is 369 g/mol. The van der Waals surface area contributed by atoms with E-state index in [0.717, 1.165) is 17.2 Å². The summed E-state index contributed by atoms with van der Waals surface area (Å²) in [7, 11) is -3.83. The SMILES string of the molecule is C/C(=N/NC(=O)CN(c1ccccc1F)S(C)(=O)=O)c1cccs1. The molecule has 0 spiro atoms. The van der Waals surface area contributed by atoms with Gasteiger partial charge in [0.25, 0.3) is 5.91 Å². The van der Waals surface area contributed by atoms with Crippen molar-refractivity contribution in [1.29, 1.82) is 0 Å². The molecule has 2 aromatic rings. The van der Waals surface area contributed by atoms with E-state index in [1.54, 1.807) is 6.92 Å². The Morgan fingerprint density at radius 3 is 2.58 bits per heavy atom. The summed E-state index contributed by atoms with van der Waals surface area (Å²) in [4.78, 5) is 12.9. The van der Waals surface area contributed by atoms with Gasteiger partial charge in [0.05, 0.1) is 17.7 Å². The molecule has 6 nitrogen and oxygen atoms in total. The van der Waals surface area contributed by atoms with Crippen LogP contribution in [0.5, 0.6) is 0 Å². The maximum atomic E-state index is 13.9. The molecule has 1 N–H and O–H groups in total. The van der Waals surface area contributed by atoms with Gasteiger partial charge in [0, 0.05) is 4.88 Å². The molecule has 0 saturated carbocycles. The van der Waals surface area contributed by atoms with E-state index in [4.69, 9.17) is 0 Å². The molecule has 0 aliphatic carbocycles. The standard InChI is InChI=1S/C15H16FN3O3S2/c1-11(14-8-5-9-23-14)17-18-15(20)10-19(24(2,21)22)13-7-4-3-6-12(13)16/h3-9H,10H2,1-2H3,(H,18,20)/b17-11-. The molecule has 0 unspecified atom stereocenters. The third-order valence-electron chi connectivity index (χ3n) is 3.03. The van der Waals surface area contributed by atoms with Crippen LogP contribution in [0.3, 0.4) is 0 Å². The monoisotopic (exact) mass is 369 g/mol. The second-order valence-corrected chi connectivity index (χ2v) is 7.79. The number of sulfonamides is 1. The van der Waals surface area contributed by atoms with Gasteiger partial charge in [-0.2, -0.15) is 5.10 Å². The number of carbonyl (C=O) groups excluding carboxylic acids is 1. The highest BCUT2D eigenvalue weighted by molar-refractivity contribution is 7.92. The summed E-state index contributed by atoms with van der Waals surface area (Å²) in [6.07, 6.45) is 0.910. The maximum absolute atomic E-state index is 13.9. The van der Waals surface area contributed by atoms with Gasteiger partial charge in [-0.1, -0.05) is 18.2 Å². The number of para-hydroxylation sites is 1. The van der Waals surface area contributed by atoms with E-state index in [0.29, 0.717) is 10.0 Å². The van der Waals surface area contributed by atoms with E-state index in [1.807, 2.05) is 17.5 Å². The number of nitrogens with one attached hydrogen (secondary N) is 1. The molecular formula is C15H16FN3O3S2. The maximum Gasteiger partial charge on any atom is 0.260 e. The van der Waals surface area contributed by atoms with Crippen LogP contribution in [-0.4, -0.2) is 32.8 Å². The highest BCUT2D eigenvalue weighted by atomic mass is 32.2. The summed E-state index contributed by atoms with van der Waals surface area (Å²) >= 11 is 1.46. The van der Waals surface area contributed by atoms with Crippen molar-refractivity contribution in [3.05, 3.63) is 52.5 Å². The van der Waals surface area contributed by atoms with Gasteiger partial charge in [-0.3, -0.25) is 9.10 Å². The second-order valence-electron chi connectivity index (χ2n) is 4.93. The van der Waals surface area contributed by atoms with Crippen molar-refractivity contribution in [2.45, 2.75) is 6.92 Å². The van der Waals surface area contributed by atoms with E-state index in [2.05, 4.69) is 10.5 Å². The first kappa shape index (κ1) is 18.1. The van der Waals surface area contributed by atoms with Crippen molar-refractivity contribution >= 4 is 38.7 Å². The second kappa shape index (κ2) is 7.54. The van der Waals surface area contributed by atoms with Crippen molar-refractivity contribution in [2.75, 3.05) is 17.1 Å². The average Bonchev–Trinajstić information content (AvgIpc) is 3.04. The molecule has 2 rings (SSSR count). The molecule has 1 amide bonds. The van der Waals surface area contributed by atoms with Crippen LogP contribution in [-0.2, 0) is 14.8 Å². The number of anilines is 1. The zero-order chi connectivity index (χ0) is 17.7. The number of carbonyl (C=O) groups is 1. The lowest BCUT2D eigenvalue weighted by molar-refractivity contribution is -0.119. The molecule has 0 saturated heterocycles. The molecule has 0 bridgehead atoms. The normalized spacial score (nSPS) is 12.0. The number of hydrazone groups is 1. The van der Waals surface area contributed by atoms with Crippen molar-refractivity contribution in [1.82, 2.24) is 5.43 Å². The van der Waals surface area contributed by atoms with Gasteiger partial charge in [0.2, 0.25) is 10.0 Å². The highest BCUT2D eigenvalue weighted by Gasteiger charge is 2.23. The smallest absolute Gasteiger partial charge is 0.260 e. The van der Waals surface area contributed by atoms with Crippen molar-refractivity contribution < 1.29 is 17.6 Å². The predicted molar refractivity (Wildman–Crippen MR) is 93.3 cm³/mol. The minimum Gasteiger partial charge on any atom is -0.271 e. The first-order valence-corrected chi connectivity index (χ1v) is 9.61. The van der Waals surface area contributed by atoms with Crippen LogP contribution in [0.25, 0.3) is 0 Å². The Morgan fingerprint density at radius 2 is 2.00 bits per heavy atom. The number of hydrogen-bond donors (Lipinski definition) is 1.